The van der Waals surface area contributed by atoms with Crippen LogP contribution in [-0.4, -0.2) is 28.6 Å². The molecule has 0 fully saturated rings. The molecule has 15 heavy (non-hydrogen) atoms. The molecule has 0 heterocycles. The van der Waals surface area contributed by atoms with Gasteiger partial charge in [-0.1, -0.05) is 13.3 Å². The number of nitrogens with one attached hydrogen (secondary N) is 1. The van der Waals surface area contributed by atoms with Gasteiger partial charge >= 0.3 is 5.97 Å². The van der Waals surface area contributed by atoms with Gasteiger partial charge in [0.1, 0.15) is 6.04 Å². The van der Waals surface area contributed by atoms with E-state index in [2.05, 4.69) is 5.32 Å². The topological polar surface area (TPSA) is 92.4 Å². The maximum absolute atomic E-state index is 11.4. The summed E-state index contributed by atoms with van der Waals surface area (Å²) in [5.41, 5.74) is 5.04. The Morgan fingerprint density at radius 2 is 2.00 bits per heavy atom. The molecular weight excluding hydrogens is 196 g/mol. The molecule has 0 bridgehead atoms. The van der Waals surface area contributed by atoms with Crippen LogP contribution in [0, 0.1) is 0 Å². The number of nitrogens with two attached hydrogens (primary N) is 1. The van der Waals surface area contributed by atoms with Crippen molar-refractivity contribution < 1.29 is 14.7 Å². The molecule has 4 N–H and O–H groups in total. The van der Waals surface area contributed by atoms with Crippen LogP contribution in [0.1, 0.15) is 40.0 Å². The third-order valence-corrected chi connectivity index (χ3v) is 1.83. The smallest absolute Gasteiger partial charge is 0.326 e. The van der Waals surface area contributed by atoms with E-state index in [1.54, 1.807) is 13.8 Å². The lowest BCUT2D eigenvalue weighted by Gasteiger charge is -2.20. The van der Waals surface area contributed by atoms with Crippen molar-refractivity contribution in [3.05, 3.63) is 0 Å². The second-order valence-electron chi connectivity index (χ2n) is 4.41. The molecular formula is C10H20N2O3. The highest BCUT2D eigenvalue weighted by Gasteiger charge is 2.22. The van der Waals surface area contributed by atoms with Gasteiger partial charge in [-0.05, 0) is 20.3 Å². The van der Waals surface area contributed by atoms with Gasteiger partial charge in [-0.3, -0.25) is 4.79 Å². The molecule has 0 saturated heterocycles. The molecule has 0 rings (SSSR count). The third-order valence-electron chi connectivity index (χ3n) is 1.83. The zero-order chi connectivity index (χ0) is 12.1. The number of carbonyl (C=O) groups is 2. The third kappa shape index (κ3) is 6.90. The van der Waals surface area contributed by atoms with E-state index < -0.39 is 17.6 Å². The Morgan fingerprint density at radius 1 is 1.47 bits per heavy atom. The van der Waals surface area contributed by atoms with E-state index in [4.69, 9.17) is 10.8 Å². The minimum Gasteiger partial charge on any atom is -0.480 e. The second-order valence-corrected chi connectivity index (χ2v) is 4.41. The number of hydrogen-bond acceptors (Lipinski definition) is 3. The Kier molecular flexibility index (Phi) is 5.28. The molecule has 5 heteroatoms. The van der Waals surface area contributed by atoms with E-state index in [1.807, 2.05) is 6.92 Å². The summed E-state index contributed by atoms with van der Waals surface area (Å²) < 4.78 is 0. The fourth-order valence-corrected chi connectivity index (χ4v) is 1.21. The lowest BCUT2D eigenvalue weighted by molar-refractivity contribution is -0.142. The summed E-state index contributed by atoms with van der Waals surface area (Å²) in [5.74, 6) is -1.32. The van der Waals surface area contributed by atoms with Crippen LogP contribution < -0.4 is 11.1 Å². The average molecular weight is 216 g/mol. The fraction of sp³-hybridized carbons (Fsp3) is 0.800. The average Bonchev–Trinajstić information content (AvgIpc) is 1.99. The number of carbonyl (C=O) groups excluding carboxylic acids is 1. The van der Waals surface area contributed by atoms with Crippen molar-refractivity contribution in [2.45, 2.75) is 51.6 Å². The molecule has 1 amide bonds. The van der Waals surface area contributed by atoms with Crippen LogP contribution >= 0.6 is 0 Å². The molecule has 0 radical (unpaired) electrons. The predicted octanol–water partition coefficient (Wildman–Crippen LogP) is 0.483. The summed E-state index contributed by atoms with van der Waals surface area (Å²) in [6.45, 7) is 5.32. The van der Waals surface area contributed by atoms with Gasteiger partial charge < -0.3 is 16.2 Å². The number of rotatable bonds is 6. The van der Waals surface area contributed by atoms with Crippen LogP contribution in [0.3, 0.4) is 0 Å². The number of aliphatic carboxylic acids is 1. The molecule has 0 aromatic carbocycles. The van der Waals surface area contributed by atoms with Gasteiger partial charge in [0.2, 0.25) is 5.91 Å². The monoisotopic (exact) mass is 216 g/mol. The molecule has 0 aromatic heterocycles. The summed E-state index contributed by atoms with van der Waals surface area (Å²) in [6.07, 6.45) is 1.27. The number of carboxylic acid groups (broad SMARTS) is 1. The summed E-state index contributed by atoms with van der Waals surface area (Å²) in [5, 5.41) is 11.3. The minimum atomic E-state index is -1.000. The van der Waals surface area contributed by atoms with Crippen LogP contribution in [0.25, 0.3) is 0 Å². The van der Waals surface area contributed by atoms with Crippen LogP contribution in [0.5, 0.6) is 0 Å². The maximum atomic E-state index is 11.4. The van der Waals surface area contributed by atoms with Crippen LogP contribution in [0.4, 0.5) is 0 Å². The van der Waals surface area contributed by atoms with E-state index in [1.165, 1.54) is 0 Å². The highest BCUT2D eigenvalue weighted by Crippen LogP contribution is 2.04. The normalized spacial score (nSPS) is 13.3. The molecule has 0 spiro atoms. The minimum absolute atomic E-state index is 0.125. The lowest BCUT2D eigenvalue weighted by Crippen LogP contribution is -2.45. The summed E-state index contributed by atoms with van der Waals surface area (Å²) in [7, 11) is 0. The van der Waals surface area contributed by atoms with E-state index in [0.717, 1.165) is 0 Å². The largest absolute Gasteiger partial charge is 0.480 e. The quantitative estimate of drug-likeness (QED) is 0.602. The predicted molar refractivity (Wildman–Crippen MR) is 57.4 cm³/mol. The maximum Gasteiger partial charge on any atom is 0.326 e. The first kappa shape index (κ1) is 13.9. The first-order valence-corrected chi connectivity index (χ1v) is 5.07. The van der Waals surface area contributed by atoms with E-state index in [0.29, 0.717) is 12.8 Å². The van der Waals surface area contributed by atoms with Gasteiger partial charge in [-0.15, -0.1) is 0 Å². The number of hydrogen-bond donors (Lipinski definition) is 3. The van der Waals surface area contributed by atoms with Crippen molar-refractivity contribution in [2.75, 3.05) is 0 Å². The molecule has 0 aromatic rings. The summed E-state index contributed by atoms with van der Waals surface area (Å²) in [6, 6.07) is -0.801. The van der Waals surface area contributed by atoms with Gasteiger partial charge in [0.25, 0.3) is 0 Å². The first-order chi connectivity index (χ1) is 6.76. The molecule has 0 aliphatic carbocycles. The Labute approximate surface area is 90.0 Å². The highest BCUT2D eigenvalue weighted by molar-refractivity contribution is 5.84. The number of amides is 1. The first-order valence-electron chi connectivity index (χ1n) is 5.07. The zero-order valence-electron chi connectivity index (χ0n) is 9.54. The van der Waals surface area contributed by atoms with Gasteiger partial charge in [-0.25, -0.2) is 4.79 Å². The Morgan fingerprint density at radius 3 is 2.33 bits per heavy atom. The SMILES string of the molecule is CCCC(NC(=O)CC(C)(C)N)C(=O)O. The van der Waals surface area contributed by atoms with Gasteiger partial charge in [0.15, 0.2) is 0 Å². The Hall–Kier alpha value is -1.10. The number of carboxylic acids is 1. The van der Waals surface area contributed by atoms with Crippen LogP contribution in [-0.2, 0) is 9.59 Å². The standard InChI is InChI=1S/C10H20N2O3/c1-4-5-7(9(14)15)12-8(13)6-10(2,3)11/h7H,4-6,11H2,1-3H3,(H,12,13)(H,14,15). The Bertz CT molecular complexity index is 233. The van der Waals surface area contributed by atoms with Crippen molar-refractivity contribution >= 4 is 11.9 Å². The van der Waals surface area contributed by atoms with Crippen LogP contribution in [0.15, 0.2) is 0 Å². The van der Waals surface area contributed by atoms with Gasteiger partial charge in [0, 0.05) is 12.0 Å². The fourth-order valence-electron chi connectivity index (χ4n) is 1.21. The lowest BCUT2D eigenvalue weighted by atomic mass is 10.0. The molecule has 1 unspecified atom stereocenters. The molecule has 88 valence electrons. The molecule has 0 aliphatic rings. The van der Waals surface area contributed by atoms with Crippen molar-refractivity contribution in [3.63, 3.8) is 0 Å². The second kappa shape index (κ2) is 5.70. The van der Waals surface area contributed by atoms with Crippen molar-refractivity contribution in [1.29, 1.82) is 0 Å². The molecule has 1 atom stereocenters. The Balaban J connectivity index is 4.18. The zero-order valence-corrected chi connectivity index (χ0v) is 9.54. The molecule has 5 nitrogen and oxygen atoms in total. The molecule has 0 aliphatic heterocycles. The summed E-state index contributed by atoms with van der Waals surface area (Å²) >= 11 is 0. The van der Waals surface area contributed by atoms with E-state index in [9.17, 15) is 9.59 Å². The van der Waals surface area contributed by atoms with E-state index in [-0.39, 0.29) is 12.3 Å². The van der Waals surface area contributed by atoms with Crippen molar-refractivity contribution in [3.8, 4) is 0 Å². The van der Waals surface area contributed by atoms with Gasteiger partial charge in [-0.2, -0.15) is 0 Å². The highest BCUT2D eigenvalue weighted by atomic mass is 16.4. The van der Waals surface area contributed by atoms with Crippen molar-refractivity contribution in [2.24, 2.45) is 5.73 Å². The van der Waals surface area contributed by atoms with Gasteiger partial charge in [0.05, 0.1) is 0 Å². The molecule has 0 saturated carbocycles. The van der Waals surface area contributed by atoms with E-state index >= 15 is 0 Å². The van der Waals surface area contributed by atoms with Crippen LogP contribution in [0.2, 0.25) is 0 Å². The van der Waals surface area contributed by atoms with Crippen molar-refractivity contribution in [1.82, 2.24) is 5.32 Å². The summed E-state index contributed by atoms with van der Waals surface area (Å²) in [4.78, 5) is 22.1.